The highest BCUT2D eigenvalue weighted by Crippen LogP contribution is 2.24. The summed E-state index contributed by atoms with van der Waals surface area (Å²) in [7, 11) is 0. The number of rotatable bonds is 6. The van der Waals surface area contributed by atoms with Gasteiger partial charge in [0.25, 0.3) is 0 Å². The van der Waals surface area contributed by atoms with E-state index in [-0.39, 0.29) is 0 Å². The van der Waals surface area contributed by atoms with Crippen LogP contribution in [0.15, 0.2) is 49.0 Å². The Morgan fingerprint density at radius 3 is 2.48 bits per heavy atom. The molecule has 0 bridgehead atoms. The van der Waals surface area contributed by atoms with Gasteiger partial charge in [0.05, 0.1) is 12.3 Å². The molecule has 1 aromatic heterocycles. The lowest BCUT2D eigenvalue weighted by Gasteiger charge is -2.11. The van der Waals surface area contributed by atoms with Crippen molar-refractivity contribution in [2.24, 2.45) is 0 Å². The Balaban J connectivity index is 2.26. The fraction of sp³-hybridized carbons (Fsp3) is 0.316. The van der Waals surface area contributed by atoms with Gasteiger partial charge >= 0.3 is 0 Å². The monoisotopic (exact) mass is 281 g/mol. The van der Waals surface area contributed by atoms with Crippen molar-refractivity contribution in [3.05, 3.63) is 60.3 Å². The van der Waals surface area contributed by atoms with E-state index in [2.05, 4.69) is 49.7 Å². The molecular weight excluding hydrogens is 258 g/mol. The second-order valence-corrected chi connectivity index (χ2v) is 5.20. The first-order valence-corrected chi connectivity index (χ1v) is 7.55. The molecule has 1 atom stereocenters. The summed E-state index contributed by atoms with van der Waals surface area (Å²) in [5.41, 5.74) is 4.23. The van der Waals surface area contributed by atoms with Crippen LogP contribution in [0.25, 0.3) is 17.0 Å². The van der Waals surface area contributed by atoms with Gasteiger partial charge in [-0.05, 0) is 37.0 Å². The van der Waals surface area contributed by atoms with Crippen LogP contribution in [0.4, 0.5) is 0 Å². The Labute approximate surface area is 127 Å². The minimum Gasteiger partial charge on any atom is -0.492 e. The van der Waals surface area contributed by atoms with Crippen molar-refractivity contribution in [3.63, 3.8) is 0 Å². The Morgan fingerprint density at radius 2 is 1.86 bits per heavy atom. The maximum absolute atomic E-state index is 5.43. The van der Waals surface area contributed by atoms with Crippen LogP contribution in [-0.2, 0) is 4.74 Å². The van der Waals surface area contributed by atoms with Gasteiger partial charge < -0.3 is 4.74 Å². The van der Waals surface area contributed by atoms with Crippen LogP contribution >= 0.6 is 0 Å². The molecule has 2 rings (SSSR count). The second-order valence-electron chi connectivity index (χ2n) is 5.20. The van der Waals surface area contributed by atoms with Gasteiger partial charge in [-0.1, -0.05) is 50.8 Å². The van der Waals surface area contributed by atoms with Gasteiger partial charge in [0.2, 0.25) is 0 Å². The molecule has 1 unspecified atom stereocenters. The molecule has 2 nitrogen and oxygen atoms in total. The molecule has 110 valence electrons. The standard InChI is InChI=1S/C19H23NO/c1-5-14(3)16-10-12-17(13-11-16)19-9-7-8-18(20-19)15(4)21-6-2/h7-14H,4-6H2,1-3H3. The summed E-state index contributed by atoms with van der Waals surface area (Å²) < 4.78 is 5.43. The third-order valence-corrected chi connectivity index (χ3v) is 3.74. The molecule has 0 amide bonds. The van der Waals surface area contributed by atoms with E-state index in [1.165, 1.54) is 5.56 Å². The SMILES string of the molecule is C=C(OCC)c1cccc(-c2ccc(C(C)CC)cc2)n1. The van der Waals surface area contributed by atoms with Crippen LogP contribution in [0.2, 0.25) is 0 Å². The quantitative estimate of drug-likeness (QED) is 0.673. The third-order valence-electron chi connectivity index (χ3n) is 3.74. The number of aromatic nitrogens is 1. The maximum atomic E-state index is 5.43. The molecular formula is C19H23NO. The van der Waals surface area contributed by atoms with Crippen LogP contribution in [0.3, 0.4) is 0 Å². The van der Waals surface area contributed by atoms with Crippen LogP contribution in [0.5, 0.6) is 0 Å². The highest BCUT2D eigenvalue weighted by atomic mass is 16.5. The molecule has 2 heteroatoms. The molecule has 0 N–H and O–H groups in total. The van der Waals surface area contributed by atoms with Crippen molar-refractivity contribution >= 4 is 5.76 Å². The summed E-state index contributed by atoms with van der Waals surface area (Å²) in [4.78, 5) is 4.63. The van der Waals surface area contributed by atoms with Crippen molar-refractivity contribution in [1.82, 2.24) is 4.98 Å². The van der Waals surface area contributed by atoms with Crippen molar-refractivity contribution in [1.29, 1.82) is 0 Å². The molecule has 0 aliphatic rings. The molecule has 0 radical (unpaired) electrons. The molecule has 0 aliphatic carbocycles. The summed E-state index contributed by atoms with van der Waals surface area (Å²) in [6.07, 6.45) is 1.15. The summed E-state index contributed by atoms with van der Waals surface area (Å²) in [5.74, 6) is 1.21. The van der Waals surface area contributed by atoms with Gasteiger partial charge in [0, 0.05) is 5.56 Å². The molecule has 21 heavy (non-hydrogen) atoms. The lowest BCUT2D eigenvalue weighted by Crippen LogP contribution is -1.95. The first-order chi connectivity index (χ1) is 10.2. The van der Waals surface area contributed by atoms with E-state index in [9.17, 15) is 0 Å². The zero-order valence-electron chi connectivity index (χ0n) is 13.1. The van der Waals surface area contributed by atoms with E-state index in [1.807, 2.05) is 25.1 Å². The molecule has 0 saturated heterocycles. The Kier molecular flexibility index (Phi) is 5.15. The van der Waals surface area contributed by atoms with Gasteiger partial charge in [-0.15, -0.1) is 0 Å². The normalized spacial score (nSPS) is 12.0. The lowest BCUT2D eigenvalue weighted by molar-refractivity contribution is 0.298. The Morgan fingerprint density at radius 1 is 1.14 bits per heavy atom. The largest absolute Gasteiger partial charge is 0.492 e. The van der Waals surface area contributed by atoms with Crippen LogP contribution in [-0.4, -0.2) is 11.6 Å². The van der Waals surface area contributed by atoms with Crippen LogP contribution in [0.1, 0.15) is 44.4 Å². The Hall–Kier alpha value is -2.09. The summed E-state index contributed by atoms with van der Waals surface area (Å²) in [6.45, 7) is 10.9. The number of pyridine rings is 1. The molecule has 1 aromatic carbocycles. The average molecular weight is 281 g/mol. The zero-order valence-corrected chi connectivity index (χ0v) is 13.1. The minimum absolute atomic E-state index is 0.594. The predicted molar refractivity (Wildman–Crippen MR) is 89.0 cm³/mol. The van der Waals surface area contributed by atoms with Gasteiger partial charge in [0.15, 0.2) is 0 Å². The molecule has 0 saturated carbocycles. The number of benzene rings is 1. The fourth-order valence-corrected chi connectivity index (χ4v) is 2.22. The third kappa shape index (κ3) is 3.72. The van der Waals surface area contributed by atoms with Gasteiger partial charge in [0.1, 0.15) is 11.5 Å². The van der Waals surface area contributed by atoms with Gasteiger partial charge in [-0.2, -0.15) is 0 Å². The fourth-order valence-electron chi connectivity index (χ4n) is 2.22. The highest BCUT2D eigenvalue weighted by Gasteiger charge is 2.06. The van der Waals surface area contributed by atoms with E-state index in [0.29, 0.717) is 18.3 Å². The van der Waals surface area contributed by atoms with Crippen molar-refractivity contribution in [2.75, 3.05) is 6.61 Å². The molecule has 1 heterocycles. The smallest absolute Gasteiger partial charge is 0.137 e. The van der Waals surface area contributed by atoms with E-state index in [1.54, 1.807) is 0 Å². The summed E-state index contributed by atoms with van der Waals surface area (Å²) in [5, 5.41) is 0. The number of nitrogens with zero attached hydrogens (tertiary/aromatic N) is 1. The molecule has 0 spiro atoms. The van der Waals surface area contributed by atoms with E-state index in [0.717, 1.165) is 23.4 Å². The maximum Gasteiger partial charge on any atom is 0.137 e. The number of ether oxygens (including phenoxy) is 1. The van der Waals surface area contributed by atoms with Gasteiger partial charge in [-0.25, -0.2) is 4.98 Å². The summed E-state index contributed by atoms with van der Waals surface area (Å²) in [6, 6.07) is 14.6. The lowest BCUT2D eigenvalue weighted by atomic mass is 9.97. The van der Waals surface area contributed by atoms with Gasteiger partial charge in [-0.3, -0.25) is 0 Å². The molecule has 0 aliphatic heterocycles. The molecule has 2 aromatic rings. The van der Waals surface area contributed by atoms with E-state index in [4.69, 9.17) is 4.74 Å². The van der Waals surface area contributed by atoms with E-state index >= 15 is 0 Å². The number of hydrogen-bond donors (Lipinski definition) is 0. The van der Waals surface area contributed by atoms with E-state index < -0.39 is 0 Å². The molecule has 0 fully saturated rings. The van der Waals surface area contributed by atoms with Crippen LogP contribution < -0.4 is 0 Å². The Bertz CT molecular complexity index is 601. The highest BCUT2D eigenvalue weighted by molar-refractivity contribution is 5.63. The summed E-state index contributed by atoms with van der Waals surface area (Å²) >= 11 is 0. The predicted octanol–water partition coefficient (Wildman–Crippen LogP) is 5.27. The van der Waals surface area contributed by atoms with Crippen LogP contribution in [0, 0.1) is 0 Å². The second kappa shape index (κ2) is 7.07. The first kappa shape index (κ1) is 15.3. The zero-order chi connectivity index (χ0) is 15.2. The van der Waals surface area contributed by atoms with Crippen molar-refractivity contribution in [2.45, 2.75) is 33.1 Å². The topological polar surface area (TPSA) is 22.1 Å². The number of hydrogen-bond acceptors (Lipinski definition) is 2. The van der Waals surface area contributed by atoms with Crippen molar-refractivity contribution < 1.29 is 4.74 Å². The first-order valence-electron chi connectivity index (χ1n) is 7.55. The minimum atomic E-state index is 0.594. The van der Waals surface area contributed by atoms with Crippen molar-refractivity contribution in [3.8, 4) is 11.3 Å². The average Bonchev–Trinajstić information content (AvgIpc) is 2.54.